The molecule has 14 heavy (non-hydrogen) atoms. The van der Waals surface area contributed by atoms with Gasteiger partial charge in [0.15, 0.2) is 0 Å². The molecule has 0 radical (unpaired) electrons. The lowest BCUT2D eigenvalue weighted by atomic mass is 10.1. The maximum Gasteiger partial charge on any atom is 0.423 e. The van der Waals surface area contributed by atoms with Crippen LogP contribution in [0.3, 0.4) is 0 Å². The number of halogens is 4. The average molecular weight is 208 g/mol. The van der Waals surface area contributed by atoms with Crippen LogP contribution in [0.1, 0.15) is 11.7 Å². The molecule has 1 aromatic rings. The van der Waals surface area contributed by atoms with Crippen molar-refractivity contribution in [1.29, 1.82) is 0 Å². The maximum atomic E-state index is 12.7. The number of hydrogen-bond donors (Lipinski definition) is 0. The van der Waals surface area contributed by atoms with Crippen molar-refractivity contribution in [2.24, 2.45) is 0 Å². The van der Waals surface area contributed by atoms with Gasteiger partial charge in [0.1, 0.15) is 5.75 Å². The molecule has 0 bridgehead atoms. The normalized spacial score (nSPS) is 13.8. The molecule has 1 nitrogen and oxygen atoms in total. The third-order valence-electron chi connectivity index (χ3n) is 1.70. The van der Waals surface area contributed by atoms with Crippen LogP contribution in [-0.2, 0) is 0 Å². The van der Waals surface area contributed by atoms with Gasteiger partial charge in [0, 0.05) is 0 Å². The van der Waals surface area contributed by atoms with Gasteiger partial charge in [-0.1, -0.05) is 12.1 Å². The fourth-order valence-electron chi connectivity index (χ4n) is 0.962. The third kappa shape index (κ3) is 2.37. The highest BCUT2D eigenvalue weighted by molar-refractivity contribution is 5.28. The lowest BCUT2D eigenvalue weighted by molar-refractivity contribution is -0.182. The Morgan fingerprint density at radius 2 is 1.64 bits per heavy atom. The fourth-order valence-corrected chi connectivity index (χ4v) is 0.962. The Labute approximate surface area is 78.3 Å². The minimum atomic E-state index is -4.85. The van der Waals surface area contributed by atoms with Crippen molar-refractivity contribution in [3.63, 3.8) is 0 Å². The van der Waals surface area contributed by atoms with E-state index in [1.54, 1.807) is 0 Å². The zero-order valence-electron chi connectivity index (χ0n) is 7.31. The summed E-state index contributed by atoms with van der Waals surface area (Å²) < 4.78 is 53.2. The number of hydrogen-bond acceptors (Lipinski definition) is 1. The van der Waals surface area contributed by atoms with Gasteiger partial charge in [0.05, 0.1) is 7.11 Å². The summed E-state index contributed by atoms with van der Waals surface area (Å²) >= 11 is 0. The second-order valence-corrected chi connectivity index (χ2v) is 2.68. The van der Waals surface area contributed by atoms with Crippen molar-refractivity contribution in [3.05, 3.63) is 29.8 Å². The van der Waals surface area contributed by atoms with Crippen molar-refractivity contribution in [1.82, 2.24) is 0 Å². The van der Waals surface area contributed by atoms with Gasteiger partial charge < -0.3 is 4.74 Å². The summed E-state index contributed by atoms with van der Waals surface area (Å²) in [6.07, 6.45) is -7.79. The Kier molecular flexibility index (Phi) is 2.98. The summed E-state index contributed by atoms with van der Waals surface area (Å²) in [7, 11) is 1.38. The van der Waals surface area contributed by atoms with Crippen LogP contribution in [0.15, 0.2) is 24.3 Å². The van der Waals surface area contributed by atoms with Gasteiger partial charge in [-0.25, -0.2) is 4.39 Å². The molecule has 78 valence electrons. The van der Waals surface area contributed by atoms with Crippen LogP contribution in [0.4, 0.5) is 17.6 Å². The van der Waals surface area contributed by atoms with E-state index in [-0.39, 0.29) is 0 Å². The smallest absolute Gasteiger partial charge is 0.423 e. The molecule has 1 unspecified atom stereocenters. The van der Waals surface area contributed by atoms with Gasteiger partial charge >= 0.3 is 6.18 Å². The molecular weight excluding hydrogens is 200 g/mol. The number of methoxy groups -OCH3 is 1. The van der Waals surface area contributed by atoms with E-state index < -0.39 is 17.9 Å². The van der Waals surface area contributed by atoms with Crippen LogP contribution in [-0.4, -0.2) is 13.3 Å². The van der Waals surface area contributed by atoms with Crippen LogP contribution >= 0.6 is 0 Å². The van der Waals surface area contributed by atoms with Crippen molar-refractivity contribution < 1.29 is 22.3 Å². The molecule has 0 N–H and O–H groups in total. The largest absolute Gasteiger partial charge is 0.497 e. The summed E-state index contributed by atoms with van der Waals surface area (Å²) in [5.74, 6) is 0.392. The van der Waals surface area contributed by atoms with Gasteiger partial charge in [-0.3, -0.25) is 0 Å². The molecule has 0 fully saturated rings. The van der Waals surface area contributed by atoms with Crippen molar-refractivity contribution >= 4 is 0 Å². The van der Waals surface area contributed by atoms with Crippen LogP contribution in [0.5, 0.6) is 5.75 Å². The molecular formula is C9H8F4O. The number of rotatable bonds is 2. The predicted molar refractivity (Wildman–Crippen MR) is 42.9 cm³/mol. The topological polar surface area (TPSA) is 9.23 Å². The van der Waals surface area contributed by atoms with Crippen LogP contribution in [0.25, 0.3) is 0 Å². The Bertz CT molecular complexity index is 291. The monoisotopic (exact) mass is 208 g/mol. The van der Waals surface area contributed by atoms with E-state index in [0.717, 1.165) is 12.1 Å². The molecule has 0 aromatic heterocycles. The molecule has 0 aliphatic carbocycles. The number of alkyl halides is 4. The first-order chi connectivity index (χ1) is 6.45. The van der Waals surface area contributed by atoms with E-state index in [2.05, 4.69) is 0 Å². The second kappa shape index (κ2) is 3.86. The number of benzene rings is 1. The van der Waals surface area contributed by atoms with E-state index in [1.165, 1.54) is 19.2 Å². The Morgan fingerprint density at radius 3 is 2.00 bits per heavy atom. The second-order valence-electron chi connectivity index (χ2n) is 2.68. The standard InChI is InChI=1S/C9H8F4O/c1-14-7-4-2-6(3-5-7)8(10)9(11,12)13/h2-5,8H,1H3. The third-order valence-corrected chi connectivity index (χ3v) is 1.70. The van der Waals surface area contributed by atoms with E-state index in [9.17, 15) is 17.6 Å². The zero-order valence-corrected chi connectivity index (χ0v) is 7.31. The molecule has 0 saturated heterocycles. The van der Waals surface area contributed by atoms with Crippen molar-refractivity contribution in [2.45, 2.75) is 12.3 Å². The predicted octanol–water partition coefficient (Wildman–Crippen LogP) is 3.27. The van der Waals surface area contributed by atoms with Crippen LogP contribution in [0, 0.1) is 0 Å². The van der Waals surface area contributed by atoms with Gasteiger partial charge in [-0.05, 0) is 17.7 Å². The lowest BCUT2D eigenvalue weighted by Crippen LogP contribution is -2.16. The molecule has 0 aliphatic rings. The Hall–Kier alpha value is -1.26. The molecule has 1 aromatic carbocycles. The summed E-state index contributed by atoms with van der Waals surface area (Å²) in [5, 5.41) is 0. The van der Waals surface area contributed by atoms with Gasteiger partial charge in [0.25, 0.3) is 0 Å². The van der Waals surface area contributed by atoms with Gasteiger partial charge in [-0.2, -0.15) is 13.2 Å². The Morgan fingerprint density at radius 1 is 1.14 bits per heavy atom. The first-order valence-corrected chi connectivity index (χ1v) is 3.80. The molecule has 1 atom stereocenters. The van der Waals surface area contributed by atoms with Crippen LogP contribution < -0.4 is 4.74 Å². The van der Waals surface area contributed by atoms with Crippen molar-refractivity contribution in [3.8, 4) is 5.75 Å². The quantitative estimate of drug-likeness (QED) is 0.678. The highest BCUT2D eigenvalue weighted by Crippen LogP contribution is 2.36. The molecule has 1 rings (SSSR count). The first kappa shape index (κ1) is 10.8. The average Bonchev–Trinajstić information content (AvgIpc) is 2.15. The highest BCUT2D eigenvalue weighted by atomic mass is 19.4. The first-order valence-electron chi connectivity index (χ1n) is 3.80. The van der Waals surface area contributed by atoms with Crippen molar-refractivity contribution in [2.75, 3.05) is 7.11 Å². The minimum absolute atomic E-state index is 0.392. The maximum absolute atomic E-state index is 12.7. The van der Waals surface area contributed by atoms with Gasteiger partial charge in [-0.15, -0.1) is 0 Å². The summed E-state index contributed by atoms with van der Waals surface area (Å²) in [5.41, 5.74) is -0.418. The SMILES string of the molecule is COc1ccc(C(F)C(F)(F)F)cc1. The molecule has 0 spiro atoms. The Balaban J connectivity index is 2.87. The molecule has 0 aliphatic heterocycles. The summed E-state index contributed by atoms with van der Waals surface area (Å²) in [6.45, 7) is 0. The van der Waals surface area contributed by atoms with E-state index >= 15 is 0 Å². The lowest BCUT2D eigenvalue weighted by Gasteiger charge is -2.12. The molecule has 0 saturated carbocycles. The fraction of sp³-hybridized carbons (Fsp3) is 0.333. The molecule has 0 heterocycles. The van der Waals surface area contributed by atoms with Crippen LogP contribution in [0.2, 0.25) is 0 Å². The number of ether oxygens (including phenoxy) is 1. The van der Waals surface area contributed by atoms with E-state index in [1.807, 2.05) is 0 Å². The zero-order chi connectivity index (χ0) is 10.8. The van der Waals surface area contributed by atoms with E-state index in [0.29, 0.717) is 5.75 Å². The molecule has 0 amide bonds. The molecule has 5 heteroatoms. The summed E-state index contributed by atoms with van der Waals surface area (Å²) in [4.78, 5) is 0. The summed E-state index contributed by atoms with van der Waals surface area (Å²) in [6, 6.07) is 4.68. The van der Waals surface area contributed by atoms with Gasteiger partial charge in [0.2, 0.25) is 6.17 Å². The van der Waals surface area contributed by atoms with E-state index in [4.69, 9.17) is 4.74 Å². The highest BCUT2D eigenvalue weighted by Gasteiger charge is 2.41. The minimum Gasteiger partial charge on any atom is -0.497 e.